The van der Waals surface area contributed by atoms with Crippen LogP contribution in [0.4, 0.5) is 0 Å². The Morgan fingerprint density at radius 3 is 3.00 bits per heavy atom. The average molecular weight is 180 g/mol. The molecular formula is C5H11NO2PS+. The Balaban J connectivity index is 2.44. The minimum Gasteiger partial charge on any atom is -0.284 e. The van der Waals surface area contributed by atoms with Crippen LogP contribution in [-0.2, 0) is 9.05 Å². The van der Waals surface area contributed by atoms with Crippen LogP contribution in [0.5, 0.6) is 0 Å². The predicted molar refractivity (Wildman–Crippen MR) is 45.5 cm³/mol. The van der Waals surface area contributed by atoms with Gasteiger partial charge in [-0.25, -0.2) is 0 Å². The number of allylic oxidation sites excluding steroid dienone is 1. The zero-order valence-corrected chi connectivity index (χ0v) is 7.78. The van der Waals surface area contributed by atoms with Gasteiger partial charge in [0.05, 0.1) is 25.1 Å². The van der Waals surface area contributed by atoms with E-state index in [1.165, 1.54) is 0 Å². The molecule has 0 aromatic heterocycles. The molecule has 0 saturated carbocycles. The summed E-state index contributed by atoms with van der Waals surface area (Å²) in [6, 6.07) is 0. The second-order valence-corrected chi connectivity index (χ2v) is 5.23. The molecule has 0 saturated heterocycles. The summed E-state index contributed by atoms with van der Waals surface area (Å²) in [4.78, 5) is 0. The van der Waals surface area contributed by atoms with E-state index in [-0.39, 0.29) is 0 Å². The summed E-state index contributed by atoms with van der Waals surface area (Å²) in [5, 5.41) is 2.95. The highest BCUT2D eigenvalue weighted by Gasteiger charge is 2.43. The Hall–Kier alpha value is 0.0800. The smallest absolute Gasteiger partial charge is 0.284 e. The lowest BCUT2D eigenvalue weighted by Gasteiger charge is -2.09. The minimum atomic E-state index is -2.02. The Labute approximate surface area is 66.5 Å². The van der Waals surface area contributed by atoms with E-state index in [0.717, 1.165) is 5.76 Å². The molecule has 1 heterocycles. The van der Waals surface area contributed by atoms with E-state index in [4.69, 9.17) is 9.05 Å². The summed E-state index contributed by atoms with van der Waals surface area (Å²) in [6.07, 6.45) is 1.77. The SMILES string of the molecule is CCO[P+]1(S)NC=C(C)O1. The Bertz CT molecular complexity index is 164. The molecule has 1 aliphatic heterocycles. The summed E-state index contributed by atoms with van der Waals surface area (Å²) in [5.74, 6) is 0.830. The van der Waals surface area contributed by atoms with Gasteiger partial charge in [0.1, 0.15) is 0 Å². The highest BCUT2D eigenvalue weighted by molar-refractivity contribution is 8.48. The summed E-state index contributed by atoms with van der Waals surface area (Å²) in [5.41, 5.74) is 0. The van der Waals surface area contributed by atoms with Crippen LogP contribution in [0.15, 0.2) is 12.0 Å². The monoisotopic (exact) mass is 180 g/mol. The molecule has 0 fully saturated rings. The van der Waals surface area contributed by atoms with Crippen molar-refractivity contribution in [3.8, 4) is 0 Å². The Morgan fingerprint density at radius 2 is 2.60 bits per heavy atom. The Kier molecular flexibility index (Phi) is 2.45. The van der Waals surface area contributed by atoms with Crippen molar-refractivity contribution >= 4 is 19.3 Å². The molecular weight excluding hydrogens is 169 g/mol. The van der Waals surface area contributed by atoms with Gasteiger partial charge in [0, 0.05) is 6.92 Å². The van der Waals surface area contributed by atoms with Gasteiger partial charge in [-0.3, -0.25) is 4.52 Å². The summed E-state index contributed by atoms with van der Waals surface area (Å²) in [6.45, 7) is 4.39. The first-order valence-electron chi connectivity index (χ1n) is 3.07. The zero-order valence-electron chi connectivity index (χ0n) is 6.00. The molecule has 0 spiro atoms. The zero-order chi connectivity index (χ0) is 7.61. The van der Waals surface area contributed by atoms with Crippen LogP contribution in [0.2, 0.25) is 0 Å². The van der Waals surface area contributed by atoms with E-state index in [9.17, 15) is 0 Å². The molecule has 1 N–H and O–H groups in total. The molecule has 0 aromatic rings. The third-order valence-corrected chi connectivity index (χ3v) is 3.54. The normalized spacial score (nSPS) is 30.9. The molecule has 10 heavy (non-hydrogen) atoms. The van der Waals surface area contributed by atoms with E-state index >= 15 is 0 Å². The third-order valence-electron chi connectivity index (χ3n) is 1.00. The number of nitrogens with one attached hydrogen (secondary N) is 1. The van der Waals surface area contributed by atoms with Crippen molar-refractivity contribution in [3.05, 3.63) is 12.0 Å². The van der Waals surface area contributed by atoms with Crippen molar-refractivity contribution in [1.29, 1.82) is 0 Å². The molecule has 0 bridgehead atoms. The quantitative estimate of drug-likeness (QED) is 0.504. The predicted octanol–water partition coefficient (Wildman–Crippen LogP) is 2.11. The number of hydrogen-bond acceptors (Lipinski definition) is 4. The number of rotatable bonds is 2. The fourth-order valence-corrected chi connectivity index (χ4v) is 2.88. The van der Waals surface area contributed by atoms with Crippen molar-refractivity contribution in [2.45, 2.75) is 13.8 Å². The molecule has 1 unspecified atom stereocenters. The first kappa shape index (κ1) is 8.18. The largest absolute Gasteiger partial charge is 0.477 e. The molecule has 0 aliphatic carbocycles. The van der Waals surface area contributed by atoms with Crippen LogP contribution in [-0.4, -0.2) is 6.61 Å². The van der Waals surface area contributed by atoms with Crippen molar-refractivity contribution in [1.82, 2.24) is 5.09 Å². The van der Waals surface area contributed by atoms with Crippen LogP contribution in [0.25, 0.3) is 0 Å². The van der Waals surface area contributed by atoms with Gasteiger partial charge in [0.15, 0.2) is 5.76 Å². The van der Waals surface area contributed by atoms with Crippen molar-refractivity contribution in [3.63, 3.8) is 0 Å². The van der Waals surface area contributed by atoms with Gasteiger partial charge in [-0.15, -0.1) is 0 Å². The molecule has 0 amide bonds. The van der Waals surface area contributed by atoms with Gasteiger partial charge < -0.3 is 0 Å². The van der Waals surface area contributed by atoms with Crippen LogP contribution in [0, 0.1) is 0 Å². The summed E-state index contributed by atoms with van der Waals surface area (Å²) < 4.78 is 10.5. The topological polar surface area (TPSA) is 30.5 Å². The molecule has 58 valence electrons. The maximum Gasteiger partial charge on any atom is 0.477 e. The lowest BCUT2D eigenvalue weighted by Crippen LogP contribution is -2.03. The van der Waals surface area contributed by atoms with Gasteiger partial charge in [-0.05, 0) is 6.92 Å². The molecule has 1 atom stereocenters. The molecule has 0 radical (unpaired) electrons. The van der Waals surface area contributed by atoms with Gasteiger partial charge in [0.25, 0.3) is 0 Å². The summed E-state index contributed by atoms with van der Waals surface area (Å²) >= 11 is 4.22. The maximum absolute atomic E-state index is 5.29. The summed E-state index contributed by atoms with van der Waals surface area (Å²) in [7, 11) is -2.02. The van der Waals surface area contributed by atoms with E-state index < -0.39 is 7.07 Å². The average Bonchev–Trinajstić information content (AvgIpc) is 2.12. The lowest BCUT2D eigenvalue weighted by atomic mass is 10.6. The molecule has 5 heteroatoms. The standard InChI is InChI=1S/C5H11NO2PS/c1-3-7-9(10)6-4-5(2)8-9/h4,6,10H,3H2,1-2H3/q+1. The van der Waals surface area contributed by atoms with Crippen molar-refractivity contribution in [2.75, 3.05) is 6.61 Å². The molecule has 0 aromatic carbocycles. The first-order chi connectivity index (χ1) is 4.66. The second kappa shape index (κ2) is 2.99. The molecule has 1 aliphatic rings. The van der Waals surface area contributed by atoms with Crippen molar-refractivity contribution < 1.29 is 9.05 Å². The van der Waals surface area contributed by atoms with Crippen LogP contribution < -0.4 is 5.09 Å². The highest BCUT2D eigenvalue weighted by atomic mass is 32.7. The van der Waals surface area contributed by atoms with E-state index in [1.54, 1.807) is 6.20 Å². The number of hydrogen-bond donors (Lipinski definition) is 2. The Morgan fingerprint density at radius 1 is 1.90 bits per heavy atom. The van der Waals surface area contributed by atoms with E-state index in [0.29, 0.717) is 6.61 Å². The van der Waals surface area contributed by atoms with Crippen LogP contribution in [0.3, 0.4) is 0 Å². The van der Waals surface area contributed by atoms with Gasteiger partial charge >= 0.3 is 7.07 Å². The van der Waals surface area contributed by atoms with Gasteiger partial charge in [-0.2, -0.15) is 9.61 Å². The number of thiol groups is 1. The van der Waals surface area contributed by atoms with E-state index in [1.807, 2.05) is 13.8 Å². The fraction of sp³-hybridized carbons (Fsp3) is 0.600. The maximum atomic E-state index is 5.29. The third kappa shape index (κ3) is 1.78. The fourth-order valence-electron chi connectivity index (χ4n) is 0.659. The van der Waals surface area contributed by atoms with E-state index in [2.05, 4.69) is 17.3 Å². The first-order valence-corrected chi connectivity index (χ1v) is 5.84. The van der Waals surface area contributed by atoms with Crippen molar-refractivity contribution in [2.24, 2.45) is 0 Å². The van der Waals surface area contributed by atoms with Gasteiger partial charge in [0.2, 0.25) is 0 Å². The van der Waals surface area contributed by atoms with Crippen LogP contribution in [0.1, 0.15) is 13.8 Å². The molecule has 1 rings (SSSR count). The van der Waals surface area contributed by atoms with Crippen LogP contribution >= 0.6 is 19.3 Å². The second-order valence-electron chi connectivity index (χ2n) is 1.91. The highest BCUT2D eigenvalue weighted by Crippen LogP contribution is 2.65. The minimum absolute atomic E-state index is 0.616. The van der Waals surface area contributed by atoms with Gasteiger partial charge in [-0.1, -0.05) is 0 Å². The molecule has 3 nitrogen and oxygen atoms in total. The lowest BCUT2D eigenvalue weighted by molar-refractivity contribution is 0.304.